The zero-order valence-electron chi connectivity index (χ0n) is 10.6. The predicted molar refractivity (Wildman–Crippen MR) is 67.2 cm³/mol. The molecule has 1 heterocycles. The standard InChI is InChI=1S/C13H13F3O3S/c1-2-18-11(17)12(13(14,15)16)8-10(19-12)20-9-6-4-3-5-7-9/h3-7,10H,2,8H2,1H3/t10?,12-/m0/s1. The third kappa shape index (κ3) is 2.78. The summed E-state index contributed by atoms with van der Waals surface area (Å²) >= 11 is 1.15. The first-order valence-electron chi connectivity index (χ1n) is 6.02. The first-order valence-corrected chi connectivity index (χ1v) is 6.90. The quantitative estimate of drug-likeness (QED) is 0.799. The second-order valence-electron chi connectivity index (χ2n) is 4.23. The van der Waals surface area contributed by atoms with E-state index in [0.29, 0.717) is 0 Å². The van der Waals surface area contributed by atoms with E-state index >= 15 is 0 Å². The lowest BCUT2D eigenvalue weighted by Crippen LogP contribution is -2.64. The van der Waals surface area contributed by atoms with Crippen molar-refractivity contribution in [2.45, 2.75) is 35.5 Å². The summed E-state index contributed by atoms with van der Waals surface area (Å²) in [7, 11) is 0. The molecule has 1 aliphatic heterocycles. The minimum atomic E-state index is -4.77. The number of halogens is 3. The Labute approximate surface area is 118 Å². The number of rotatable bonds is 4. The van der Waals surface area contributed by atoms with E-state index in [1.165, 1.54) is 6.92 Å². The number of hydrogen-bond acceptors (Lipinski definition) is 4. The van der Waals surface area contributed by atoms with Crippen molar-refractivity contribution >= 4 is 17.7 Å². The van der Waals surface area contributed by atoms with E-state index in [4.69, 9.17) is 4.74 Å². The van der Waals surface area contributed by atoms with E-state index in [1.807, 2.05) is 6.07 Å². The van der Waals surface area contributed by atoms with Crippen LogP contribution in [0.25, 0.3) is 0 Å². The van der Waals surface area contributed by atoms with Gasteiger partial charge in [0.15, 0.2) is 0 Å². The van der Waals surface area contributed by atoms with Gasteiger partial charge < -0.3 is 9.47 Å². The second-order valence-corrected chi connectivity index (χ2v) is 5.46. The summed E-state index contributed by atoms with van der Waals surface area (Å²) in [4.78, 5) is 12.3. The molecule has 3 nitrogen and oxygen atoms in total. The first-order chi connectivity index (χ1) is 9.39. The highest BCUT2D eigenvalue weighted by Gasteiger charge is 2.70. The maximum Gasteiger partial charge on any atom is 0.428 e. The van der Waals surface area contributed by atoms with Gasteiger partial charge in [0.1, 0.15) is 5.44 Å². The van der Waals surface area contributed by atoms with Crippen LogP contribution in [0.3, 0.4) is 0 Å². The Kier molecular flexibility index (Phi) is 4.29. The molecule has 0 N–H and O–H groups in total. The van der Waals surface area contributed by atoms with Crippen molar-refractivity contribution in [1.29, 1.82) is 0 Å². The number of esters is 1. The molecule has 0 radical (unpaired) electrons. The molecule has 1 fully saturated rings. The number of thioether (sulfide) groups is 1. The highest BCUT2D eigenvalue weighted by Crippen LogP contribution is 2.51. The van der Waals surface area contributed by atoms with Crippen LogP contribution < -0.4 is 0 Å². The molecule has 1 aromatic carbocycles. The van der Waals surface area contributed by atoms with Gasteiger partial charge in [-0.2, -0.15) is 13.2 Å². The molecule has 0 amide bonds. The van der Waals surface area contributed by atoms with Crippen LogP contribution in [0.4, 0.5) is 13.2 Å². The van der Waals surface area contributed by atoms with E-state index in [2.05, 4.69) is 4.74 Å². The van der Waals surface area contributed by atoms with Crippen LogP contribution in [-0.4, -0.2) is 29.8 Å². The maximum atomic E-state index is 13.0. The molecule has 0 bridgehead atoms. The fourth-order valence-corrected chi connectivity index (χ4v) is 2.99. The molecule has 1 aliphatic rings. The topological polar surface area (TPSA) is 35.5 Å². The van der Waals surface area contributed by atoms with Gasteiger partial charge in [-0.3, -0.25) is 0 Å². The summed E-state index contributed by atoms with van der Waals surface area (Å²) in [6, 6.07) is 8.91. The number of hydrogen-bond donors (Lipinski definition) is 0. The van der Waals surface area contributed by atoms with Crippen molar-refractivity contribution in [1.82, 2.24) is 0 Å². The summed E-state index contributed by atoms with van der Waals surface area (Å²) < 4.78 is 48.4. The number of benzene rings is 1. The molecule has 2 rings (SSSR count). The van der Waals surface area contributed by atoms with Crippen LogP contribution >= 0.6 is 11.8 Å². The lowest BCUT2D eigenvalue weighted by molar-refractivity contribution is -0.324. The molecule has 1 unspecified atom stereocenters. The highest BCUT2D eigenvalue weighted by molar-refractivity contribution is 7.99. The molecule has 0 saturated carbocycles. The van der Waals surface area contributed by atoms with Gasteiger partial charge >= 0.3 is 12.1 Å². The van der Waals surface area contributed by atoms with Gasteiger partial charge in [0.2, 0.25) is 0 Å². The van der Waals surface area contributed by atoms with Crippen LogP contribution in [0.15, 0.2) is 35.2 Å². The molecule has 0 spiro atoms. The molecule has 1 saturated heterocycles. The Balaban J connectivity index is 2.04. The first kappa shape index (κ1) is 15.2. The minimum Gasteiger partial charge on any atom is -0.464 e. The maximum absolute atomic E-state index is 13.0. The highest BCUT2D eigenvalue weighted by atomic mass is 32.2. The average Bonchev–Trinajstić information content (AvgIpc) is 2.33. The lowest BCUT2D eigenvalue weighted by Gasteiger charge is -2.45. The van der Waals surface area contributed by atoms with Gasteiger partial charge in [-0.1, -0.05) is 30.0 Å². The van der Waals surface area contributed by atoms with E-state index in [1.54, 1.807) is 24.3 Å². The smallest absolute Gasteiger partial charge is 0.428 e. The number of carbonyl (C=O) groups excluding carboxylic acids is 1. The van der Waals surface area contributed by atoms with Crippen LogP contribution in [0, 0.1) is 0 Å². The van der Waals surface area contributed by atoms with Gasteiger partial charge in [0, 0.05) is 11.3 Å². The second kappa shape index (κ2) is 5.65. The third-order valence-corrected chi connectivity index (χ3v) is 3.93. The van der Waals surface area contributed by atoms with E-state index < -0.39 is 29.6 Å². The number of carbonyl (C=O) groups is 1. The van der Waals surface area contributed by atoms with E-state index in [-0.39, 0.29) is 6.61 Å². The molecular formula is C13H13F3O3S. The summed E-state index contributed by atoms with van der Waals surface area (Å²) in [5, 5.41) is 0. The van der Waals surface area contributed by atoms with Crippen molar-refractivity contribution in [3.05, 3.63) is 30.3 Å². The molecule has 1 aromatic rings. The molecule has 0 aliphatic carbocycles. The van der Waals surface area contributed by atoms with Gasteiger partial charge in [-0.15, -0.1) is 0 Å². The Morgan fingerprint density at radius 2 is 2.05 bits per heavy atom. The van der Waals surface area contributed by atoms with Crippen molar-refractivity contribution in [2.24, 2.45) is 0 Å². The van der Waals surface area contributed by atoms with E-state index in [9.17, 15) is 18.0 Å². The van der Waals surface area contributed by atoms with Gasteiger partial charge in [0.05, 0.1) is 6.61 Å². The molecular weight excluding hydrogens is 293 g/mol. The predicted octanol–water partition coefficient (Wildman–Crippen LogP) is 3.39. The minimum absolute atomic E-state index is 0.115. The van der Waals surface area contributed by atoms with Gasteiger partial charge in [-0.05, 0) is 19.1 Å². The summed E-state index contributed by atoms with van der Waals surface area (Å²) in [5.74, 6) is -1.36. The summed E-state index contributed by atoms with van der Waals surface area (Å²) in [5.41, 5.74) is -3.52. The Bertz CT molecular complexity index is 469. The molecule has 20 heavy (non-hydrogen) atoms. The SMILES string of the molecule is CCOC(=O)[C@]1(C(F)(F)F)CC(Sc2ccccc2)O1. The van der Waals surface area contributed by atoms with Gasteiger partial charge in [0.25, 0.3) is 5.60 Å². The zero-order chi connectivity index (χ0) is 14.8. The lowest BCUT2D eigenvalue weighted by atomic mass is 9.94. The Morgan fingerprint density at radius 1 is 1.45 bits per heavy atom. The van der Waals surface area contributed by atoms with Crippen molar-refractivity contribution in [3.63, 3.8) is 0 Å². The largest absolute Gasteiger partial charge is 0.464 e. The van der Waals surface area contributed by atoms with Crippen molar-refractivity contribution < 1.29 is 27.4 Å². The Morgan fingerprint density at radius 3 is 2.55 bits per heavy atom. The van der Waals surface area contributed by atoms with Crippen molar-refractivity contribution in [3.8, 4) is 0 Å². The zero-order valence-corrected chi connectivity index (χ0v) is 11.5. The van der Waals surface area contributed by atoms with Gasteiger partial charge in [-0.25, -0.2) is 4.79 Å². The number of ether oxygens (including phenoxy) is 2. The normalized spacial score (nSPS) is 25.9. The molecule has 110 valence electrons. The van der Waals surface area contributed by atoms with Crippen molar-refractivity contribution in [2.75, 3.05) is 6.61 Å². The third-order valence-electron chi connectivity index (χ3n) is 2.86. The van der Waals surface area contributed by atoms with Crippen LogP contribution in [0.2, 0.25) is 0 Å². The fourth-order valence-electron chi connectivity index (χ4n) is 1.84. The average molecular weight is 306 g/mol. The molecule has 7 heteroatoms. The van der Waals surface area contributed by atoms with Crippen LogP contribution in [0.5, 0.6) is 0 Å². The summed E-state index contributed by atoms with van der Waals surface area (Å²) in [6.45, 7) is 1.34. The van der Waals surface area contributed by atoms with Crippen LogP contribution in [0.1, 0.15) is 13.3 Å². The Hall–Kier alpha value is -1.21. The fraction of sp³-hybridized carbons (Fsp3) is 0.462. The number of alkyl halides is 3. The summed E-state index contributed by atoms with van der Waals surface area (Å²) in [6.07, 6.45) is -5.21. The molecule has 2 atom stereocenters. The van der Waals surface area contributed by atoms with Crippen LogP contribution in [-0.2, 0) is 14.3 Å². The molecule has 0 aromatic heterocycles. The van der Waals surface area contributed by atoms with E-state index in [0.717, 1.165) is 16.7 Å². The monoisotopic (exact) mass is 306 g/mol.